The average molecular weight is 375 g/mol. The molecule has 1 aromatic rings. The Bertz CT molecular complexity index is 640. The van der Waals surface area contributed by atoms with Crippen molar-refractivity contribution in [2.24, 2.45) is 5.92 Å². The Balaban J connectivity index is 1.66. The van der Waals surface area contributed by atoms with Gasteiger partial charge in [0.1, 0.15) is 12.8 Å². The van der Waals surface area contributed by atoms with Crippen LogP contribution in [-0.2, 0) is 15.1 Å². The lowest BCUT2D eigenvalue weighted by molar-refractivity contribution is -0.181. The fourth-order valence-corrected chi connectivity index (χ4v) is 4.18. The van der Waals surface area contributed by atoms with E-state index in [0.717, 1.165) is 25.7 Å². The number of aliphatic hydroxyl groups excluding tert-OH is 1. The van der Waals surface area contributed by atoms with Crippen LogP contribution < -0.4 is 5.32 Å². The standard InChI is InChI=1S/C20H29N3O4/c21-19(22-14-24)23-12-10-17(11-13-23)27-18(25)20(26,16-8-4-5-9-16)15-6-2-1-3-7-15/h1-3,6-7,16-17,24,26H,4-5,8-14H2,(H2,21,22)/t20-/m0/s1. The summed E-state index contributed by atoms with van der Waals surface area (Å²) in [5, 5.41) is 30.7. The second-order valence-electron chi connectivity index (χ2n) is 7.39. The molecule has 1 saturated carbocycles. The first-order valence-electron chi connectivity index (χ1n) is 9.73. The molecule has 1 heterocycles. The van der Waals surface area contributed by atoms with E-state index >= 15 is 0 Å². The maximum atomic E-state index is 13.1. The van der Waals surface area contributed by atoms with Crippen molar-refractivity contribution in [3.8, 4) is 0 Å². The molecule has 0 spiro atoms. The number of ether oxygens (including phenoxy) is 1. The number of aliphatic hydroxyl groups is 2. The van der Waals surface area contributed by atoms with Gasteiger partial charge in [-0.05, 0) is 18.4 Å². The Labute approximate surface area is 159 Å². The minimum atomic E-state index is -1.60. The lowest BCUT2D eigenvalue weighted by Crippen LogP contribution is -2.49. The van der Waals surface area contributed by atoms with E-state index in [2.05, 4.69) is 5.32 Å². The van der Waals surface area contributed by atoms with Crippen molar-refractivity contribution < 1.29 is 19.7 Å². The number of likely N-dealkylation sites (tertiary alicyclic amines) is 1. The first-order valence-corrected chi connectivity index (χ1v) is 9.73. The number of nitrogens with one attached hydrogen (secondary N) is 2. The van der Waals surface area contributed by atoms with E-state index in [1.165, 1.54) is 0 Å². The van der Waals surface area contributed by atoms with Gasteiger partial charge in [-0.1, -0.05) is 43.2 Å². The summed E-state index contributed by atoms with van der Waals surface area (Å²) >= 11 is 0. The van der Waals surface area contributed by atoms with E-state index in [-0.39, 0.29) is 24.7 Å². The van der Waals surface area contributed by atoms with Crippen molar-refractivity contribution in [3.05, 3.63) is 35.9 Å². The van der Waals surface area contributed by atoms with Gasteiger partial charge in [0.15, 0.2) is 11.6 Å². The number of piperidine rings is 1. The Kier molecular flexibility index (Phi) is 6.34. The van der Waals surface area contributed by atoms with Crippen LogP contribution in [-0.4, -0.2) is 53.0 Å². The lowest BCUT2D eigenvalue weighted by atomic mass is 9.80. The van der Waals surface area contributed by atoms with Gasteiger partial charge in [0, 0.05) is 31.8 Å². The zero-order valence-electron chi connectivity index (χ0n) is 15.6. The van der Waals surface area contributed by atoms with Crippen molar-refractivity contribution in [3.63, 3.8) is 0 Å². The molecular formula is C20H29N3O4. The Hall–Kier alpha value is -2.12. The molecule has 1 aromatic carbocycles. The number of hydrogen-bond donors (Lipinski definition) is 4. The van der Waals surface area contributed by atoms with Crippen LogP contribution in [0.1, 0.15) is 44.1 Å². The molecule has 0 amide bonds. The molecule has 0 aromatic heterocycles. The van der Waals surface area contributed by atoms with Crippen LogP contribution in [0.25, 0.3) is 0 Å². The maximum Gasteiger partial charge on any atom is 0.343 e. The topological polar surface area (TPSA) is 106 Å². The third kappa shape index (κ3) is 4.25. The number of benzene rings is 1. The smallest absolute Gasteiger partial charge is 0.343 e. The Morgan fingerprint density at radius 1 is 1.19 bits per heavy atom. The Morgan fingerprint density at radius 2 is 1.81 bits per heavy atom. The third-order valence-corrected chi connectivity index (χ3v) is 5.75. The predicted octanol–water partition coefficient (Wildman–Crippen LogP) is 1.55. The number of rotatable bonds is 5. The van der Waals surface area contributed by atoms with E-state index in [4.69, 9.17) is 15.3 Å². The Morgan fingerprint density at radius 3 is 2.41 bits per heavy atom. The van der Waals surface area contributed by atoms with Gasteiger partial charge in [0.2, 0.25) is 0 Å². The largest absolute Gasteiger partial charge is 0.460 e. The van der Waals surface area contributed by atoms with Crippen molar-refractivity contribution in [2.45, 2.75) is 50.2 Å². The molecule has 1 saturated heterocycles. The van der Waals surface area contributed by atoms with Crippen LogP contribution in [0, 0.1) is 11.3 Å². The second-order valence-corrected chi connectivity index (χ2v) is 7.39. The molecule has 3 rings (SSSR count). The third-order valence-electron chi connectivity index (χ3n) is 5.75. The summed E-state index contributed by atoms with van der Waals surface area (Å²) in [6.07, 6.45) is 4.60. The van der Waals surface area contributed by atoms with Crippen molar-refractivity contribution in [1.29, 1.82) is 5.41 Å². The van der Waals surface area contributed by atoms with Gasteiger partial charge in [-0.15, -0.1) is 0 Å². The molecule has 1 aliphatic carbocycles. The van der Waals surface area contributed by atoms with E-state index in [9.17, 15) is 9.90 Å². The SMILES string of the molecule is N=C(NCO)N1CCC(OC(=O)[C@](O)(c2ccccc2)C2CCCC2)CC1. The van der Waals surface area contributed by atoms with Gasteiger partial charge in [0.05, 0.1) is 0 Å². The number of hydrogen-bond acceptors (Lipinski definition) is 5. The monoisotopic (exact) mass is 375 g/mol. The number of carbonyl (C=O) groups excluding carboxylic acids is 1. The van der Waals surface area contributed by atoms with Gasteiger partial charge in [-0.3, -0.25) is 5.41 Å². The minimum Gasteiger partial charge on any atom is -0.460 e. The highest BCUT2D eigenvalue weighted by molar-refractivity contribution is 5.82. The highest BCUT2D eigenvalue weighted by atomic mass is 16.6. The first-order chi connectivity index (χ1) is 13.1. The molecule has 4 N–H and O–H groups in total. The molecule has 1 aliphatic heterocycles. The minimum absolute atomic E-state index is 0.116. The second kappa shape index (κ2) is 8.71. The fourth-order valence-electron chi connectivity index (χ4n) is 4.18. The van der Waals surface area contributed by atoms with Crippen LogP contribution in [0.3, 0.4) is 0 Å². The number of guanidine groups is 1. The number of esters is 1. The molecule has 27 heavy (non-hydrogen) atoms. The van der Waals surface area contributed by atoms with Crippen LogP contribution in [0.15, 0.2) is 30.3 Å². The first kappa shape index (κ1) is 19.6. The quantitative estimate of drug-likeness (QED) is 0.269. The van der Waals surface area contributed by atoms with E-state index in [1.807, 2.05) is 18.2 Å². The summed E-state index contributed by atoms with van der Waals surface area (Å²) in [7, 11) is 0. The summed E-state index contributed by atoms with van der Waals surface area (Å²) in [5.41, 5.74) is -0.992. The summed E-state index contributed by atoms with van der Waals surface area (Å²) < 4.78 is 5.76. The van der Waals surface area contributed by atoms with Crippen molar-refractivity contribution >= 4 is 11.9 Å². The van der Waals surface area contributed by atoms with E-state index < -0.39 is 11.6 Å². The molecule has 148 valence electrons. The normalized spacial score (nSPS) is 20.9. The molecule has 2 aliphatic rings. The van der Waals surface area contributed by atoms with Crippen molar-refractivity contribution in [1.82, 2.24) is 10.2 Å². The predicted molar refractivity (Wildman–Crippen MR) is 101 cm³/mol. The molecule has 2 fully saturated rings. The highest BCUT2D eigenvalue weighted by Gasteiger charge is 2.48. The summed E-state index contributed by atoms with van der Waals surface area (Å²) in [5.74, 6) is -0.494. The van der Waals surface area contributed by atoms with Gasteiger partial charge < -0.3 is 25.2 Å². The lowest BCUT2D eigenvalue weighted by Gasteiger charge is -2.37. The van der Waals surface area contributed by atoms with E-state index in [0.29, 0.717) is 31.5 Å². The maximum absolute atomic E-state index is 13.1. The number of carbonyl (C=O) groups is 1. The molecule has 0 bridgehead atoms. The molecule has 1 atom stereocenters. The van der Waals surface area contributed by atoms with Crippen LogP contribution in [0.4, 0.5) is 0 Å². The summed E-state index contributed by atoms with van der Waals surface area (Å²) in [6, 6.07) is 9.13. The van der Waals surface area contributed by atoms with Crippen molar-refractivity contribution in [2.75, 3.05) is 19.8 Å². The molecular weight excluding hydrogens is 346 g/mol. The number of nitrogens with zero attached hydrogens (tertiary/aromatic N) is 1. The molecule has 0 unspecified atom stereocenters. The van der Waals surface area contributed by atoms with Gasteiger partial charge in [-0.2, -0.15) is 0 Å². The molecule has 7 nitrogen and oxygen atoms in total. The highest BCUT2D eigenvalue weighted by Crippen LogP contribution is 2.41. The van der Waals surface area contributed by atoms with E-state index in [1.54, 1.807) is 17.0 Å². The van der Waals surface area contributed by atoms with Crippen LogP contribution in [0.2, 0.25) is 0 Å². The van der Waals surface area contributed by atoms with Gasteiger partial charge in [0.25, 0.3) is 0 Å². The van der Waals surface area contributed by atoms with Gasteiger partial charge >= 0.3 is 5.97 Å². The van der Waals surface area contributed by atoms with Crippen LogP contribution in [0.5, 0.6) is 0 Å². The summed E-state index contributed by atoms with van der Waals surface area (Å²) in [6.45, 7) is 0.854. The average Bonchev–Trinajstić information content (AvgIpc) is 3.24. The zero-order chi connectivity index (χ0) is 19.3. The molecule has 0 radical (unpaired) electrons. The fraction of sp³-hybridized carbons (Fsp3) is 0.600. The van der Waals surface area contributed by atoms with Gasteiger partial charge in [-0.25, -0.2) is 4.79 Å². The summed E-state index contributed by atoms with van der Waals surface area (Å²) in [4.78, 5) is 14.9. The molecule has 7 heteroatoms. The zero-order valence-corrected chi connectivity index (χ0v) is 15.6. The van der Waals surface area contributed by atoms with Crippen LogP contribution >= 0.6 is 0 Å².